The second kappa shape index (κ2) is 7.08. The number of ether oxygens (including phenoxy) is 1. The minimum absolute atomic E-state index is 0.174. The minimum Gasteiger partial charge on any atom is -0.465 e. The number of carbonyl (C=O) groups is 2. The smallest absolute Gasteiger partial charge is 0.412 e. The standard InChI is InChI=1S/C19H18ClFN2O4/c1-11(2)19(10-23(18(25)26)14-6-4-13(21)5-7-14)15-9-12(20)3-8-16(15)22-17(24)27-19/h3-9,11H,10H2,1-2H3,(H,22,24)(H,25,26). The average molecular weight is 393 g/mol. The summed E-state index contributed by atoms with van der Waals surface area (Å²) < 4.78 is 18.9. The van der Waals surface area contributed by atoms with Crippen LogP contribution < -0.4 is 10.2 Å². The van der Waals surface area contributed by atoms with E-state index in [4.69, 9.17) is 16.3 Å². The van der Waals surface area contributed by atoms with Crippen LogP contribution in [0.5, 0.6) is 0 Å². The summed E-state index contributed by atoms with van der Waals surface area (Å²) in [5, 5.41) is 12.8. The summed E-state index contributed by atoms with van der Waals surface area (Å²) >= 11 is 6.14. The quantitative estimate of drug-likeness (QED) is 0.760. The number of carbonyl (C=O) groups excluding carboxylic acids is 1. The van der Waals surface area contributed by atoms with E-state index < -0.39 is 23.6 Å². The molecule has 0 radical (unpaired) electrons. The Kier molecular flexibility index (Phi) is 4.97. The molecule has 0 saturated carbocycles. The Balaban J connectivity index is 2.12. The van der Waals surface area contributed by atoms with Crippen LogP contribution in [0.15, 0.2) is 42.5 Å². The fraction of sp³-hybridized carbons (Fsp3) is 0.263. The van der Waals surface area contributed by atoms with Gasteiger partial charge in [-0.3, -0.25) is 10.2 Å². The lowest BCUT2D eigenvalue weighted by Gasteiger charge is -2.43. The molecule has 1 atom stereocenters. The molecule has 6 nitrogen and oxygen atoms in total. The Hall–Kier alpha value is -2.80. The van der Waals surface area contributed by atoms with Gasteiger partial charge in [0.2, 0.25) is 0 Å². The van der Waals surface area contributed by atoms with Gasteiger partial charge < -0.3 is 9.84 Å². The van der Waals surface area contributed by atoms with Gasteiger partial charge in [-0.15, -0.1) is 0 Å². The van der Waals surface area contributed by atoms with Gasteiger partial charge in [0.15, 0.2) is 5.60 Å². The lowest BCUT2D eigenvalue weighted by atomic mass is 9.80. The van der Waals surface area contributed by atoms with E-state index in [1.54, 1.807) is 18.2 Å². The molecule has 3 rings (SSSR count). The number of hydrogen-bond acceptors (Lipinski definition) is 3. The number of fused-ring (bicyclic) bond motifs is 1. The van der Waals surface area contributed by atoms with Crippen LogP contribution in [-0.4, -0.2) is 23.8 Å². The minimum atomic E-state index is -1.27. The molecule has 1 unspecified atom stereocenters. The van der Waals surface area contributed by atoms with Crippen molar-refractivity contribution in [3.63, 3.8) is 0 Å². The fourth-order valence-corrected chi connectivity index (χ4v) is 3.36. The molecule has 0 aromatic heterocycles. The van der Waals surface area contributed by atoms with E-state index in [1.807, 2.05) is 13.8 Å². The highest BCUT2D eigenvalue weighted by Gasteiger charge is 2.47. The average Bonchev–Trinajstić information content (AvgIpc) is 2.60. The molecule has 27 heavy (non-hydrogen) atoms. The molecular weight excluding hydrogens is 375 g/mol. The maximum absolute atomic E-state index is 13.2. The molecule has 2 aromatic rings. The fourth-order valence-electron chi connectivity index (χ4n) is 3.19. The topological polar surface area (TPSA) is 78.9 Å². The molecule has 0 bridgehead atoms. The summed E-state index contributed by atoms with van der Waals surface area (Å²) in [4.78, 5) is 25.1. The molecule has 2 N–H and O–H groups in total. The third-order valence-electron chi connectivity index (χ3n) is 4.64. The van der Waals surface area contributed by atoms with Gasteiger partial charge in [-0.05, 0) is 48.4 Å². The van der Waals surface area contributed by atoms with Gasteiger partial charge in [-0.1, -0.05) is 25.4 Å². The van der Waals surface area contributed by atoms with Crippen molar-refractivity contribution in [2.75, 3.05) is 16.8 Å². The van der Waals surface area contributed by atoms with Crippen molar-refractivity contribution >= 4 is 35.2 Å². The first kappa shape index (κ1) is 19.0. The maximum atomic E-state index is 13.2. The van der Waals surface area contributed by atoms with Crippen LogP contribution in [0.3, 0.4) is 0 Å². The van der Waals surface area contributed by atoms with Crippen LogP contribution in [0.25, 0.3) is 0 Å². The largest absolute Gasteiger partial charge is 0.465 e. The molecule has 1 aliphatic rings. The molecule has 1 heterocycles. The maximum Gasteiger partial charge on any atom is 0.412 e. The van der Waals surface area contributed by atoms with Crippen molar-refractivity contribution in [2.45, 2.75) is 19.4 Å². The third kappa shape index (κ3) is 3.55. The summed E-state index contributed by atoms with van der Waals surface area (Å²) in [6.07, 6.45) is -1.93. The molecule has 0 saturated heterocycles. The Morgan fingerprint density at radius 3 is 2.56 bits per heavy atom. The normalized spacial score (nSPS) is 18.5. The summed E-state index contributed by atoms with van der Waals surface area (Å²) in [5.74, 6) is -0.754. The number of hydrogen-bond donors (Lipinski definition) is 2. The summed E-state index contributed by atoms with van der Waals surface area (Å²) in [6.45, 7) is 3.48. The second-order valence-electron chi connectivity index (χ2n) is 6.59. The number of benzene rings is 2. The molecule has 2 amide bonds. The van der Waals surface area contributed by atoms with Gasteiger partial charge in [-0.25, -0.2) is 14.0 Å². The van der Waals surface area contributed by atoms with Gasteiger partial charge in [0.05, 0.1) is 12.2 Å². The van der Waals surface area contributed by atoms with E-state index in [9.17, 15) is 19.1 Å². The van der Waals surface area contributed by atoms with E-state index in [-0.39, 0.29) is 18.2 Å². The van der Waals surface area contributed by atoms with Crippen LogP contribution in [0.1, 0.15) is 19.4 Å². The first-order valence-corrected chi connectivity index (χ1v) is 8.67. The van der Waals surface area contributed by atoms with E-state index in [0.717, 1.165) is 4.90 Å². The Morgan fingerprint density at radius 1 is 1.30 bits per heavy atom. The van der Waals surface area contributed by atoms with Crippen LogP contribution in [-0.2, 0) is 10.3 Å². The van der Waals surface area contributed by atoms with Gasteiger partial charge in [-0.2, -0.15) is 0 Å². The number of cyclic esters (lactones) is 1. The number of nitrogens with zero attached hydrogens (tertiary/aromatic N) is 1. The number of nitrogens with one attached hydrogen (secondary N) is 1. The summed E-state index contributed by atoms with van der Waals surface area (Å²) in [5.41, 5.74) is 0.0869. The Morgan fingerprint density at radius 2 is 1.96 bits per heavy atom. The van der Waals surface area contributed by atoms with Gasteiger partial charge in [0.25, 0.3) is 0 Å². The lowest BCUT2D eigenvalue weighted by molar-refractivity contribution is -0.0197. The zero-order valence-corrected chi connectivity index (χ0v) is 15.5. The van der Waals surface area contributed by atoms with E-state index in [1.165, 1.54) is 24.3 Å². The molecule has 0 spiro atoms. The molecule has 1 aliphatic heterocycles. The lowest BCUT2D eigenvalue weighted by Crippen LogP contribution is -2.52. The van der Waals surface area contributed by atoms with Crippen molar-refractivity contribution in [3.8, 4) is 0 Å². The first-order chi connectivity index (χ1) is 12.7. The highest BCUT2D eigenvalue weighted by atomic mass is 35.5. The Bertz CT molecular complexity index is 888. The number of halogens is 2. The van der Waals surface area contributed by atoms with Crippen molar-refractivity contribution in [3.05, 3.63) is 58.9 Å². The first-order valence-electron chi connectivity index (χ1n) is 8.29. The predicted octanol–water partition coefficient (Wildman–Crippen LogP) is 5.08. The number of rotatable bonds is 4. The Labute approximate surface area is 160 Å². The number of anilines is 2. The van der Waals surface area contributed by atoms with Crippen LogP contribution in [0.4, 0.5) is 25.4 Å². The molecule has 8 heteroatoms. The van der Waals surface area contributed by atoms with Crippen molar-refractivity contribution in [2.24, 2.45) is 5.92 Å². The molecule has 0 fully saturated rings. The van der Waals surface area contributed by atoms with Crippen LogP contribution in [0.2, 0.25) is 5.02 Å². The SMILES string of the molecule is CC(C)C1(CN(C(=O)O)c2ccc(F)cc2)OC(=O)Nc2ccc(Cl)cc21. The predicted molar refractivity (Wildman–Crippen MR) is 99.8 cm³/mol. The zero-order chi connectivity index (χ0) is 19.8. The molecular formula is C19H18ClFN2O4. The number of amides is 2. The summed E-state index contributed by atoms with van der Waals surface area (Å²) in [7, 11) is 0. The molecule has 2 aromatic carbocycles. The highest BCUT2D eigenvalue weighted by molar-refractivity contribution is 6.30. The zero-order valence-electron chi connectivity index (χ0n) is 14.7. The monoisotopic (exact) mass is 392 g/mol. The van der Waals surface area contributed by atoms with Gasteiger partial charge in [0, 0.05) is 16.3 Å². The summed E-state index contributed by atoms with van der Waals surface area (Å²) in [6, 6.07) is 10.0. The molecule has 142 valence electrons. The highest BCUT2D eigenvalue weighted by Crippen LogP contribution is 2.43. The molecule has 0 aliphatic carbocycles. The van der Waals surface area contributed by atoms with Crippen molar-refractivity contribution < 1.29 is 23.8 Å². The number of carboxylic acid groups (broad SMARTS) is 1. The van der Waals surface area contributed by atoms with Gasteiger partial charge in [0.1, 0.15) is 5.82 Å². The van der Waals surface area contributed by atoms with E-state index in [2.05, 4.69) is 5.32 Å². The third-order valence-corrected chi connectivity index (χ3v) is 4.88. The van der Waals surface area contributed by atoms with Crippen LogP contribution in [0, 0.1) is 11.7 Å². The van der Waals surface area contributed by atoms with Crippen molar-refractivity contribution in [1.82, 2.24) is 0 Å². The van der Waals surface area contributed by atoms with E-state index in [0.29, 0.717) is 16.3 Å². The van der Waals surface area contributed by atoms with Gasteiger partial charge >= 0.3 is 12.2 Å². The van der Waals surface area contributed by atoms with E-state index >= 15 is 0 Å². The van der Waals surface area contributed by atoms with Crippen molar-refractivity contribution in [1.29, 1.82) is 0 Å². The van der Waals surface area contributed by atoms with Crippen LogP contribution >= 0.6 is 11.6 Å². The second-order valence-corrected chi connectivity index (χ2v) is 7.03.